The SMILES string of the molecule is Cc1cc(C2CC2)cnc1N1CCN(C(=O)c2ccc(N3CCOC3=O)cn2)CC1. The van der Waals surface area contributed by atoms with E-state index in [1.54, 1.807) is 18.3 Å². The number of carbonyl (C=O) groups excluding carboxylic acids is 2. The van der Waals surface area contributed by atoms with Gasteiger partial charge in [0.25, 0.3) is 5.91 Å². The smallest absolute Gasteiger partial charge is 0.414 e. The van der Waals surface area contributed by atoms with Crippen LogP contribution in [-0.2, 0) is 4.74 Å². The van der Waals surface area contributed by atoms with Crippen LogP contribution in [0, 0.1) is 6.92 Å². The number of aryl methyl sites for hydroxylation is 1. The van der Waals surface area contributed by atoms with Crippen LogP contribution in [0.15, 0.2) is 30.6 Å². The van der Waals surface area contributed by atoms with Crippen LogP contribution in [0.4, 0.5) is 16.3 Å². The molecule has 3 fully saturated rings. The van der Waals surface area contributed by atoms with E-state index < -0.39 is 0 Å². The maximum atomic E-state index is 12.9. The minimum absolute atomic E-state index is 0.0843. The molecule has 2 aromatic rings. The van der Waals surface area contributed by atoms with Crippen LogP contribution in [0.2, 0.25) is 0 Å². The van der Waals surface area contributed by atoms with Gasteiger partial charge in [-0.25, -0.2) is 14.8 Å². The molecule has 0 radical (unpaired) electrons. The van der Waals surface area contributed by atoms with Crippen LogP contribution in [0.5, 0.6) is 0 Å². The average molecular weight is 407 g/mol. The standard InChI is InChI=1S/C22H25N5O3/c1-15-12-17(16-2-3-16)13-24-20(15)25-6-8-26(9-7-25)21(28)19-5-4-18(14-23-19)27-10-11-30-22(27)29/h4-5,12-14,16H,2-3,6-11H2,1H3. The first-order valence-electron chi connectivity index (χ1n) is 10.5. The zero-order chi connectivity index (χ0) is 20.7. The molecule has 2 aromatic heterocycles. The second kappa shape index (κ2) is 7.59. The summed E-state index contributed by atoms with van der Waals surface area (Å²) in [7, 11) is 0. The van der Waals surface area contributed by atoms with Crippen LogP contribution >= 0.6 is 0 Å². The van der Waals surface area contributed by atoms with Gasteiger partial charge >= 0.3 is 6.09 Å². The predicted molar refractivity (Wildman–Crippen MR) is 112 cm³/mol. The molecule has 0 aromatic carbocycles. The van der Waals surface area contributed by atoms with Gasteiger partial charge < -0.3 is 14.5 Å². The number of aromatic nitrogens is 2. The summed E-state index contributed by atoms with van der Waals surface area (Å²) in [5.41, 5.74) is 3.59. The van der Waals surface area contributed by atoms with Crippen molar-refractivity contribution in [1.82, 2.24) is 14.9 Å². The summed E-state index contributed by atoms with van der Waals surface area (Å²) >= 11 is 0. The van der Waals surface area contributed by atoms with Crippen molar-refractivity contribution in [2.75, 3.05) is 49.1 Å². The van der Waals surface area contributed by atoms with Crippen LogP contribution in [0.25, 0.3) is 0 Å². The summed E-state index contributed by atoms with van der Waals surface area (Å²) in [6.07, 6.45) is 5.75. The molecule has 0 bridgehead atoms. The van der Waals surface area contributed by atoms with E-state index in [2.05, 4.69) is 22.9 Å². The van der Waals surface area contributed by atoms with E-state index in [0.717, 1.165) is 18.9 Å². The van der Waals surface area contributed by atoms with Crippen LogP contribution < -0.4 is 9.80 Å². The fraction of sp³-hybridized carbons (Fsp3) is 0.455. The highest BCUT2D eigenvalue weighted by molar-refractivity contribution is 5.94. The lowest BCUT2D eigenvalue weighted by Gasteiger charge is -2.36. The van der Waals surface area contributed by atoms with Crippen molar-refractivity contribution in [1.29, 1.82) is 0 Å². The number of carbonyl (C=O) groups is 2. The molecule has 30 heavy (non-hydrogen) atoms. The van der Waals surface area contributed by atoms with E-state index in [1.807, 2.05) is 11.1 Å². The van der Waals surface area contributed by atoms with Crippen molar-refractivity contribution in [3.05, 3.63) is 47.4 Å². The first-order chi connectivity index (χ1) is 14.6. The molecule has 0 N–H and O–H groups in total. The lowest BCUT2D eigenvalue weighted by Crippen LogP contribution is -2.49. The van der Waals surface area contributed by atoms with Gasteiger partial charge in [0.1, 0.15) is 18.1 Å². The summed E-state index contributed by atoms with van der Waals surface area (Å²) < 4.78 is 4.94. The topological polar surface area (TPSA) is 78.9 Å². The second-order valence-corrected chi connectivity index (χ2v) is 8.13. The van der Waals surface area contributed by atoms with Gasteiger partial charge in [0.05, 0.1) is 18.4 Å². The molecule has 1 aliphatic carbocycles. The third kappa shape index (κ3) is 3.58. The maximum absolute atomic E-state index is 12.9. The van der Waals surface area contributed by atoms with Gasteiger partial charge in [-0.2, -0.15) is 0 Å². The Morgan fingerprint density at radius 2 is 1.87 bits per heavy atom. The Kier molecular flexibility index (Phi) is 4.77. The minimum Gasteiger partial charge on any atom is -0.447 e. The molecule has 2 amide bonds. The Morgan fingerprint density at radius 3 is 2.47 bits per heavy atom. The predicted octanol–water partition coefficient (Wildman–Crippen LogP) is 2.58. The van der Waals surface area contributed by atoms with Gasteiger partial charge in [0.2, 0.25) is 0 Å². The molecule has 156 valence electrons. The van der Waals surface area contributed by atoms with E-state index in [9.17, 15) is 9.59 Å². The summed E-state index contributed by atoms with van der Waals surface area (Å²) in [5.74, 6) is 1.64. The number of rotatable bonds is 4. The number of cyclic esters (lactones) is 1. The third-order valence-electron chi connectivity index (χ3n) is 6.03. The summed E-state index contributed by atoms with van der Waals surface area (Å²) in [5, 5.41) is 0. The zero-order valence-corrected chi connectivity index (χ0v) is 17.1. The number of pyridine rings is 2. The molecular weight excluding hydrogens is 382 g/mol. The van der Waals surface area contributed by atoms with Gasteiger partial charge in [-0.3, -0.25) is 9.69 Å². The first kappa shape index (κ1) is 18.8. The Morgan fingerprint density at radius 1 is 1.07 bits per heavy atom. The largest absolute Gasteiger partial charge is 0.447 e. The van der Waals surface area contributed by atoms with E-state index in [1.165, 1.54) is 28.9 Å². The van der Waals surface area contributed by atoms with Crippen molar-refractivity contribution in [3.63, 3.8) is 0 Å². The average Bonchev–Trinajstić information content (AvgIpc) is 3.54. The van der Waals surface area contributed by atoms with Gasteiger partial charge in [0, 0.05) is 32.4 Å². The van der Waals surface area contributed by atoms with E-state index >= 15 is 0 Å². The monoisotopic (exact) mass is 407 g/mol. The number of hydrogen-bond donors (Lipinski definition) is 0. The molecule has 0 atom stereocenters. The molecule has 3 aliphatic rings. The van der Waals surface area contributed by atoms with Crippen LogP contribution in [0.3, 0.4) is 0 Å². The number of anilines is 2. The fourth-order valence-corrected chi connectivity index (χ4v) is 4.14. The van der Waals surface area contributed by atoms with Crippen molar-refractivity contribution >= 4 is 23.5 Å². The Bertz CT molecular complexity index is 965. The molecule has 0 spiro atoms. The van der Waals surface area contributed by atoms with E-state index in [4.69, 9.17) is 9.72 Å². The Hall–Kier alpha value is -3.16. The van der Waals surface area contributed by atoms with E-state index in [0.29, 0.717) is 43.5 Å². The van der Waals surface area contributed by atoms with Crippen molar-refractivity contribution in [2.45, 2.75) is 25.7 Å². The lowest BCUT2D eigenvalue weighted by atomic mass is 10.1. The molecule has 8 nitrogen and oxygen atoms in total. The van der Waals surface area contributed by atoms with Crippen molar-refractivity contribution in [3.8, 4) is 0 Å². The highest BCUT2D eigenvalue weighted by Crippen LogP contribution is 2.40. The minimum atomic E-state index is -0.374. The summed E-state index contributed by atoms with van der Waals surface area (Å²) in [4.78, 5) is 39.1. The third-order valence-corrected chi connectivity index (χ3v) is 6.03. The summed E-state index contributed by atoms with van der Waals surface area (Å²) in [6, 6.07) is 5.69. The molecule has 5 rings (SSSR count). The molecule has 2 aliphatic heterocycles. The number of piperazine rings is 1. The highest BCUT2D eigenvalue weighted by Gasteiger charge is 2.28. The maximum Gasteiger partial charge on any atom is 0.414 e. The molecule has 4 heterocycles. The number of ether oxygens (including phenoxy) is 1. The van der Waals surface area contributed by atoms with Gasteiger partial charge in [-0.15, -0.1) is 0 Å². The molecule has 1 saturated carbocycles. The quantitative estimate of drug-likeness (QED) is 0.775. The van der Waals surface area contributed by atoms with Gasteiger partial charge in [0.15, 0.2) is 0 Å². The molecule has 2 saturated heterocycles. The Balaban J connectivity index is 1.21. The molecule has 8 heteroatoms. The normalized spacial score (nSPS) is 19.2. The molecular formula is C22H25N5O3. The van der Waals surface area contributed by atoms with E-state index in [-0.39, 0.29) is 12.0 Å². The fourth-order valence-electron chi connectivity index (χ4n) is 4.14. The van der Waals surface area contributed by atoms with Crippen LogP contribution in [0.1, 0.15) is 40.4 Å². The molecule has 0 unspecified atom stereocenters. The first-order valence-corrected chi connectivity index (χ1v) is 10.5. The van der Waals surface area contributed by atoms with Gasteiger partial charge in [-0.1, -0.05) is 6.07 Å². The number of nitrogens with zero attached hydrogens (tertiary/aromatic N) is 5. The Labute approximate surface area is 175 Å². The van der Waals surface area contributed by atoms with Crippen molar-refractivity contribution < 1.29 is 14.3 Å². The second-order valence-electron chi connectivity index (χ2n) is 8.13. The van der Waals surface area contributed by atoms with Crippen molar-refractivity contribution in [2.24, 2.45) is 0 Å². The lowest BCUT2D eigenvalue weighted by molar-refractivity contribution is 0.0740. The van der Waals surface area contributed by atoms with Gasteiger partial charge in [-0.05, 0) is 48.9 Å². The summed E-state index contributed by atoms with van der Waals surface area (Å²) in [6.45, 7) is 5.76. The number of hydrogen-bond acceptors (Lipinski definition) is 6. The zero-order valence-electron chi connectivity index (χ0n) is 17.1. The van der Waals surface area contributed by atoms with Crippen LogP contribution in [-0.4, -0.2) is 66.2 Å². The number of amides is 2. The highest BCUT2D eigenvalue weighted by atomic mass is 16.6.